The van der Waals surface area contributed by atoms with E-state index in [1.54, 1.807) is 19.1 Å². The Morgan fingerprint density at radius 2 is 1.95 bits per heavy atom. The zero-order valence-electron chi connectivity index (χ0n) is 11.6. The Hall–Kier alpha value is -1.17. The Bertz CT molecular complexity index is 396. The summed E-state index contributed by atoms with van der Waals surface area (Å²) in [4.78, 5) is 0. The molecule has 1 aromatic carbocycles. The number of β-amino-alcohol motifs (C(OH)–C–C–N with tert-alkyl or cyclic N) is 1. The first-order chi connectivity index (χ1) is 8.83. The summed E-state index contributed by atoms with van der Waals surface area (Å²) in [6.07, 6.45) is -1.33. The topological polar surface area (TPSA) is 61.7 Å². The lowest BCUT2D eigenvalue weighted by atomic mass is 9.99. The molecule has 0 bridgehead atoms. The van der Waals surface area contributed by atoms with Crippen LogP contribution in [0.2, 0.25) is 0 Å². The first kappa shape index (κ1) is 15.9. The highest BCUT2D eigenvalue weighted by molar-refractivity contribution is 5.23. The van der Waals surface area contributed by atoms with Crippen molar-refractivity contribution in [2.24, 2.45) is 0 Å². The molecule has 0 saturated carbocycles. The molecule has 108 valence electrons. The van der Waals surface area contributed by atoms with E-state index in [9.17, 15) is 14.6 Å². The van der Waals surface area contributed by atoms with Gasteiger partial charge in [-0.25, -0.2) is 4.39 Å². The highest BCUT2D eigenvalue weighted by Gasteiger charge is 2.24. The van der Waals surface area contributed by atoms with Crippen molar-refractivity contribution in [3.63, 3.8) is 0 Å². The van der Waals surface area contributed by atoms with Gasteiger partial charge in [0.05, 0.1) is 6.10 Å². The molecule has 4 nitrogen and oxygen atoms in total. The quantitative estimate of drug-likeness (QED) is 0.700. The van der Waals surface area contributed by atoms with Crippen LogP contribution in [0, 0.1) is 5.82 Å². The summed E-state index contributed by atoms with van der Waals surface area (Å²) < 4.78 is 18.5. The Morgan fingerprint density at radius 3 is 2.53 bits per heavy atom. The van der Waals surface area contributed by atoms with E-state index >= 15 is 0 Å². The van der Waals surface area contributed by atoms with Crippen LogP contribution >= 0.6 is 0 Å². The molecule has 2 atom stereocenters. The van der Waals surface area contributed by atoms with Gasteiger partial charge >= 0.3 is 0 Å². The van der Waals surface area contributed by atoms with Gasteiger partial charge < -0.3 is 20.3 Å². The molecule has 1 aromatic rings. The second-order valence-corrected chi connectivity index (χ2v) is 5.17. The monoisotopic (exact) mass is 271 g/mol. The van der Waals surface area contributed by atoms with Crippen molar-refractivity contribution >= 4 is 0 Å². The zero-order chi connectivity index (χ0) is 14.5. The molecule has 0 radical (unpaired) electrons. The molecule has 0 spiro atoms. The predicted octanol–water partition coefficient (Wildman–Crippen LogP) is 1.31. The van der Waals surface area contributed by atoms with Crippen LogP contribution in [0.25, 0.3) is 0 Å². The normalized spacial score (nSPS) is 15.1. The molecule has 0 heterocycles. The van der Waals surface area contributed by atoms with Crippen molar-refractivity contribution in [1.29, 1.82) is 0 Å². The molecular formula is C14H22FNO3. The standard InChI is InChI=1S/C14H22FNO3/c1-10(17)14(2,3)16-8-11(18)9-19-13-7-5-4-6-12(13)15/h4-7,10-11,16-18H,8-9H2,1-3H3. The molecule has 2 unspecified atom stereocenters. The number of rotatable bonds is 7. The van der Waals surface area contributed by atoms with Gasteiger partial charge in [-0.1, -0.05) is 12.1 Å². The Balaban J connectivity index is 2.37. The van der Waals surface area contributed by atoms with Gasteiger partial charge in [-0.2, -0.15) is 0 Å². The average Bonchev–Trinajstić information content (AvgIpc) is 2.35. The van der Waals surface area contributed by atoms with Gasteiger partial charge in [0.2, 0.25) is 0 Å². The molecule has 19 heavy (non-hydrogen) atoms. The molecule has 0 aliphatic heterocycles. The van der Waals surface area contributed by atoms with Crippen molar-refractivity contribution in [2.45, 2.75) is 38.5 Å². The van der Waals surface area contributed by atoms with E-state index in [1.165, 1.54) is 12.1 Å². The first-order valence-corrected chi connectivity index (χ1v) is 6.31. The third kappa shape index (κ3) is 5.14. The van der Waals surface area contributed by atoms with Crippen molar-refractivity contribution in [3.8, 4) is 5.75 Å². The molecule has 0 aromatic heterocycles. The van der Waals surface area contributed by atoms with Crippen LogP contribution in [0.4, 0.5) is 4.39 Å². The highest BCUT2D eigenvalue weighted by atomic mass is 19.1. The Kier molecular flexibility index (Phi) is 5.72. The number of aliphatic hydroxyl groups is 2. The van der Waals surface area contributed by atoms with Crippen molar-refractivity contribution in [3.05, 3.63) is 30.1 Å². The van der Waals surface area contributed by atoms with Crippen molar-refractivity contribution < 1.29 is 19.3 Å². The smallest absolute Gasteiger partial charge is 0.165 e. The SMILES string of the molecule is CC(O)C(C)(C)NCC(O)COc1ccccc1F. The van der Waals surface area contributed by atoms with E-state index in [4.69, 9.17) is 4.74 Å². The van der Waals surface area contributed by atoms with Gasteiger partial charge in [0.25, 0.3) is 0 Å². The maximum atomic E-state index is 13.3. The molecule has 0 saturated heterocycles. The number of hydrogen-bond acceptors (Lipinski definition) is 4. The fraction of sp³-hybridized carbons (Fsp3) is 0.571. The van der Waals surface area contributed by atoms with Crippen molar-refractivity contribution in [1.82, 2.24) is 5.32 Å². The summed E-state index contributed by atoms with van der Waals surface area (Å²) in [5.41, 5.74) is -0.501. The van der Waals surface area contributed by atoms with Gasteiger partial charge in [0, 0.05) is 12.1 Å². The molecule has 1 rings (SSSR count). The number of para-hydroxylation sites is 1. The van der Waals surface area contributed by atoms with Crippen LogP contribution in [0.5, 0.6) is 5.75 Å². The summed E-state index contributed by atoms with van der Waals surface area (Å²) in [7, 11) is 0. The number of hydrogen-bond donors (Lipinski definition) is 3. The van der Waals surface area contributed by atoms with Crippen LogP contribution in [-0.2, 0) is 0 Å². The lowest BCUT2D eigenvalue weighted by Gasteiger charge is -2.30. The van der Waals surface area contributed by atoms with E-state index in [-0.39, 0.29) is 18.9 Å². The minimum Gasteiger partial charge on any atom is -0.488 e. The largest absolute Gasteiger partial charge is 0.488 e. The number of aliphatic hydroxyl groups excluding tert-OH is 2. The lowest BCUT2D eigenvalue weighted by molar-refractivity contribution is 0.0641. The van der Waals surface area contributed by atoms with Crippen LogP contribution in [0.3, 0.4) is 0 Å². The van der Waals surface area contributed by atoms with Crippen LogP contribution < -0.4 is 10.1 Å². The summed E-state index contributed by atoms with van der Waals surface area (Å²) in [5.74, 6) is -0.330. The van der Waals surface area contributed by atoms with Gasteiger partial charge in [-0.3, -0.25) is 0 Å². The fourth-order valence-corrected chi connectivity index (χ4v) is 1.34. The second kappa shape index (κ2) is 6.84. The third-order valence-corrected chi connectivity index (χ3v) is 3.11. The molecule has 3 N–H and O–H groups in total. The second-order valence-electron chi connectivity index (χ2n) is 5.17. The molecule has 0 fully saturated rings. The summed E-state index contributed by atoms with van der Waals surface area (Å²) in [6.45, 7) is 5.59. The maximum Gasteiger partial charge on any atom is 0.165 e. The molecule has 0 aliphatic carbocycles. The third-order valence-electron chi connectivity index (χ3n) is 3.11. The maximum absolute atomic E-state index is 13.3. The molecule has 5 heteroatoms. The number of halogens is 1. The molecule has 0 amide bonds. The van der Waals surface area contributed by atoms with E-state index in [2.05, 4.69) is 5.32 Å². The van der Waals surface area contributed by atoms with Crippen LogP contribution in [-0.4, -0.2) is 41.1 Å². The fourth-order valence-electron chi connectivity index (χ4n) is 1.34. The van der Waals surface area contributed by atoms with E-state index < -0.39 is 23.6 Å². The van der Waals surface area contributed by atoms with Crippen LogP contribution in [0.1, 0.15) is 20.8 Å². The van der Waals surface area contributed by atoms with Gasteiger partial charge in [-0.05, 0) is 32.9 Å². The summed E-state index contributed by atoms with van der Waals surface area (Å²) in [6, 6.07) is 6.05. The van der Waals surface area contributed by atoms with E-state index in [0.29, 0.717) is 0 Å². The van der Waals surface area contributed by atoms with Gasteiger partial charge in [-0.15, -0.1) is 0 Å². The number of ether oxygens (including phenoxy) is 1. The van der Waals surface area contributed by atoms with E-state index in [0.717, 1.165) is 0 Å². The average molecular weight is 271 g/mol. The van der Waals surface area contributed by atoms with Crippen molar-refractivity contribution in [2.75, 3.05) is 13.2 Å². The van der Waals surface area contributed by atoms with Gasteiger partial charge in [0.15, 0.2) is 11.6 Å². The summed E-state index contributed by atoms with van der Waals surface area (Å²) >= 11 is 0. The number of nitrogens with one attached hydrogen (secondary N) is 1. The lowest BCUT2D eigenvalue weighted by Crippen LogP contribution is -2.51. The molecule has 0 aliphatic rings. The minimum absolute atomic E-state index is 0.0101. The van der Waals surface area contributed by atoms with Crippen LogP contribution in [0.15, 0.2) is 24.3 Å². The highest BCUT2D eigenvalue weighted by Crippen LogP contribution is 2.15. The first-order valence-electron chi connectivity index (χ1n) is 6.31. The number of benzene rings is 1. The predicted molar refractivity (Wildman–Crippen MR) is 71.7 cm³/mol. The molecular weight excluding hydrogens is 249 g/mol. The minimum atomic E-state index is -0.780. The summed E-state index contributed by atoms with van der Waals surface area (Å²) in [5, 5.41) is 22.3. The van der Waals surface area contributed by atoms with Gasteiger partial charge in [0.1, 0.15) is 12.7 Å². The van der Waals surface area contributed by atoms with E-state index in [1.807, 2.05) is 13.8 Å². The zero-order valence-corrected chi connectivity index (χ0v) is 11.6. The Morgan fingerprint density at radius 1 is 1.32 bits per heavy atom. The Labute approximate surface area is 113 Å².